The molecule has 1 aliphatic heterocycles. The Morgan fingerprint density at radius 1 is 1.60 bits per heavy atom. The highest BCUT2D eigenvalue weighted by atomic mass is 32.1. The van der Waals surface area contributed by atoms with Crippen LogP contribution in [0.4, 0.5) is 0 Å². The van der Waals surface area contributed by atoms with Gasteiger partial charge in [0.2, 0.25) is 5.91 Å². The number of rotatable bonds is 3. The molecule has 0 saturated carbocycles. The van der Waals surface area contributed by atoms with Crippen molar-refractivity contribution in [3.05, 3.63) is 0 Å². The Morgan fingerprint density at radius 3 is 2.87 bits per heavy atom. The van der Waals surface area contributed by atoms with Crippen molar-refractivity contribution in [2.45, 2.75) is 25.8 Å². The molecule has 1 aliphatic rings. The monoisotopic (exact) mass is 229 g/mol. The summed E-state index contributed by atoms with van der Waals surface area (Å²) in [7, 11) is 1.85. The zero-order chi connectivity index (χ0) is 11.4. The highest BCUT2D eigenvalue weighted by Crippen LogP contribution is 2.09. The van der Waals surface area contributed by atoms with Crippen molar-refractivity contribution in [1.29, 1.82) is 0 Å². The fourth-order valence-electron chi connectivity index (χ4n) is 1.81. The van der Waals surface area contributed by atoms with E-state index in [-0.39, 0.29) is 11.9 Å². The molecule has 0 aromatic rings. The molecule has 1 unspecified atom stereocenters. The van der Waals surface area contributed by atoms with E-state index >= 15 is 0 Å². The molecule has 2 N–H and O–H groups in total. The molecule has 1 saturated heterocycles. The Labute approximate surface area is 96.4 Å². The normalized spacial score (nSPS) is 21.2. The minimum absolute atomic E-state index is 0.183. The summed E-state index contributed by atoms with van der Waals surface area (Å²) in [6.07, 6.45) is 1.70. The number of likely N-dealkylation sites (N-methyl/N-ethyl adjacent to an activating group) is 1. The van der Waals surface area contributed by atoms with Crippen molar-refractivity contribution >= 4 is 23.1 Å². The van der Waals surface area contributed by atoms with Crippen molar-refractivity contribution in [2.24, 2.45) is 5.73 Å². The topological polar surface area (TPSA) is 49.6 Å². The van der Waals surface area contributed by atoms with E-state index in [1.165, 1.54) is 0 Å². The van der Waals surface area contributed by atoms with Gasteiger partial charge in [-0.3, -0.25) is 9.69 Å². The zero-order valence-corrected chi connectivity index (χ0v) is 10.2. The largest absolute Gasteiger partial charge is 0.393 e. The van der Waals surface area contributed by atoms with Gasteiger partial charge >= 0.3 is 0 Å². The van der Waals surface area contributed by atoms with Gasteiger partial charge in [0, 0.05) is 32.6 Å². The average molecular weight is 229 g/mol. The Morgan fingerprint density at radius 2 is 2.27 bits per heavy atom. The zero-order valence-electron chi connectivity index (χ0n) is 9.40. The van der Waals surface area contributed by atoms with Crippen LogP contribution in [0.2, 0.25) is 0 Å². The Kier molecular flexibility index (Phi) is 4.47. The molecule has 1 heterocycles. The number of carbonyl (C=O) groups is 1. The third-order valence-electron chi connectivity index (χ3n) is 2.82. The van der Waals surface area contributed by atoms with E-state index in [1.807, 2.05) is 7.05 Å². The van der Waals surface area contributed by atoms with Crippen molar-refractivity contribution in [3.63, 3.8) is 0 Å². The predicted octanol–water partition coefficient (Wildman–Crippen LogP) is 0.215. The van der Waals surface area contributed by atoms with Crippen LogP contribution in [0.3, 0.4) is 0 Å². The van der Waals surface area contributed by atoms with Gasteiger partial charge in [-0.2, -0.15) is 0 Å². The predicted molar refractivity (Wildman–Crippen MR) is 64.7 cm³/mol. The SMILES string of the molecule is CC(CC(N)=S)N1CCCN(C)C(=O)C1. The maximum atomic E-state index is 11.6. The Hall–Kier alpha value is -0.680. The van der Waals surface area contributed by atoms with Crippen molar-refractivity contribution < 1.29 is 4.79 Å². The fraction of sp³-hybridized carbons (Fsp3) is 0.800. The Bertz CT molecular complexity index is 257. The van der Waals surface area contributed by atoms with E-state index in [4.69, 9.17) is 18.0 Å². The summed E-state index contributed by atoms with van der Waals surface area (Å²) in [5.41, 5.74) is 5.51. The quantitative estimate of drug-likeness (QED) is 0.703. The van der Waals surface area contributed by atoms with Crippen molar-refractivity contribution in [1.82, 2.24) is 9.80 Å². The summed E-state index contributed by atoms with van der Waals surface area (Å²) in [6, 6.07) is 0.262. The molecule has 0 radical (unpaired) electrons. The van der Waals surface area contributed by atoms with Crippen LogP contribution in [0, 0.1) is 0 Å². The van der Waals surface area contributed by atoms with Gasteiger partial charge < -0.3 is 10.6 Å². The van der Waals surface area contributed by atoms with E-state index in [1.54, 1.807) is 4.90 Å². The van der Waals surface area contributed by atoms with Crippen LogP contribution in [0.5, 0.6) is 0 Å². The van der Waals surface area contributed by atoms with Gasteiger partial charge in [0.1, 0.15) is 0 Å². The smallest absolute Gasteiger partial charge is 0.236 e. The van der Waals surface area contributed by atoms with E-state index in [0.717, 1.165) is 19.5 Å². The highest BCUT2D eigenvalue weighted by Gasteiger charge is 2.22. The molecular weight excluding hydrogens is 210 g/mol. The van der Waals surface area contributed by atoms with Gasteiger partial charge in [-0.05, 0) is 13.3 Å². The van der Waals surface area contributed by atoms with Crippen LogP contribution in [0.15, 0.2) is 0 Å². The van der Waals surface area contributed by atoms with E-state index < -0.39 is 0 Å². The van der Waals surface area contributed by atoms with Gasteiger partial charge in [0.15, 0.2) is 0 Å². The van der Waals surface area contributed by atoms with Crippen LogP contribution in [0.1, 0.15) is 19.8 Å². The lowest BCUT2D eigenvalue weighted by atomic mass is 10.2. The Balaban J connectivity index is 2.54. The number of nitrogens with two attached hydrogens (primary N) is 1. The first-order valence-corrected chi connectivity index (χ1v) is 5.68. The maximum absolute atomic E-state index is 11.6. The number of hydrogen-bond acceptors (Lipinski definition) is 3. The first kappa shape index (κ1) is 12.4. The third-order valence-corrected chi connectivity index (χ3v) is 2.99. The molecule has 1 amide bonds. The molecule has 4 nitrogen and oxygen atoms in total. The number of hydrogen-bond donors (Lipinski definition) is 1. The first-order valence-electron chi connectivity index (χ1n) is 5.27. The second-order valence-electron chi connectivity index (χ2n) is 4.16. The van der Waals surface area contributed by atoms with Crippen LogP contribution in [-0.2, 0) is 4.79 Å². The lowest BCUT2D eigenvalue weighted by Gasteiger charge is -2.26. The molecule has 1 fully saturated rings. The second kappa shape index (κ2) is 5.42. The van der Waals surface area contributed by atoms with Crippen molar-refractivity contribution in [3.8, 4) is 0 Å². The highest BCUT2D eigenvalue weighted by molar-refractivity contribution is 7.80. The van der Waals surface area contributed by atoms with Crippen LogP contribution in [0.25, 0.3) is 0 Å². The third kappa shape index (κ3) is 3.76. The second-order valence-corrected chi connectivity index (χ2v) is 4.68. The minimum atomic E-state index is 0.183. The number of amides is 1. The van der Waals surface area contributed by atoms with Crippen LogP contribution < -0.4 is 5.73 Å². The maximum Gasteiger partial charge on any atom is 0.236 e. The number of thiocarbonyl (C=S) groups is 1. The van der Waals surface area contributed by atoms with Crippen molar-refractivity contribution in [2.75, 3.05) is 26.7 Å². The molecule has 86 valence electrons. The summed E-state index contributed by atoms with van der Waals surface area (Å²) >= 11 is 4.88. The molecule has 0 aliphatic carbocycles. The summed E-state index contributed by atoms with van der Waals surface area (Å²) < 4.78 is 0. The summed E-state index contributed by atoms with van der Waals surface area (Å²) in [5, 5.41) is 0. The molecule has 0 aromatic carbocycles. The lowest BCUT2D eigenvalue weighted by molar-refractivity contribution is -0.130. The van der Waals surface area contributed by atoms with Gasteiger partial charge in [-0.25, -0.2) is 0 Å². The standard InChI is InChI=1S/C10H19N3OS/c1-8(6-9(11)15)13-5-3-4-12(2)10(14)7-13/h8H,3-7H2,1-2H3,(H2,11,15). The first-order chi connectivity index (χ1) is 7.00. The molecule has 5 heteroatoms. The summed E-state index contributed by atoms with van der Waals surface area (Å²) in [4.78, 5) is 16.1. The lowest BCUT2D eigenvalue weighted by Crippen LogP contribution is -2.40. The van der Waals surface area contributed by atoms with E-state index in [0.29, 0.717) is 18.0 Å². The molecule has 1 atom stereocenters. The van der Waals surface area contributed by atoms with Gasteiger partial charge in [0.25, 0.3) is 0 Å². The summed E-state index contributed by atoms with van der Waals surface area (Å²) in [6.45, 7) is 4.34. The average Bonchev–Trinajstić information content (AvgIpc) is 2.28. The number of nitrogens with zero attached hydrogens (tertiary/aromatic N) is 2. The van der Waals surface area contributed by atoms with Gasteiger partial charge in [0.05, 0.1) is 11.5 Å². The molecular formula is C10H19N3OS. The van der Waals surface area contributed by atoms with E-state index in [2.05, 4.69) is 11.8 Å². The fourth-order valence-corrected chi connectivity index (χ4v) is 2.05. The summed E-state index contributed by atoms with van der Waals surface area (Å²) in [5.74, 6) is 0.183. The van der Waals surface area contributed by atoms with Gasteiger partial charge in [-0.1, -0.05) is 12.2 Å². The van der Waals surface area contributed by atoms with Crippen LogP contribution >= 0.6 is 12.2 Å². The molecule has 0 aromatic heterocycles. The van der Waals surface area contributed by atoms with E-state index in [9.17, 15) is 4.79 Å². The molecule has 15 heavy (non-hydrogen) atoms. The molecule has 0 bridgehead atoms. The van der Waals surface area contributed by atoms with Gasteiger partial charge in [-0.15, -0.1) is 0 Å². The number of carbonyl (C=O) groups excluding carboxylic acids is 1. The minimum Gasteiger partial charge on any atom is -0.393 e. The van der Waals surface area contributed by atoms with Crippen LogP contribution in [-0.4, -0.2) is 53.4 Å². The molecule has 1 rings (SSSR count). The molecule has 0 spiro atoms.